The maximum absolute atomic E-state index is 12.0. The van der Waals surface area contributed by atoms with Crippen LogP contribution in [0.2, 0.25) is 10.0 Å². The van der Waals surface area contributed by atoms with Gasteiger partial charge in [-0.05, 0) is 42.0 Å². The van der Waals surface area contributed by atoms with E-state index in [-0.39, 0.29) is 27.9 Å². The fourth-order valence-corrected chi connectivity index (χ4v) is 4.59. The summed E-state index contributed by atoms with van der Waals surface area (Å²) in [6, 6.07) is 1.78. The molecule has 3 rings (SSSR count). The summed E-state index contributed by atoms with van der Waals surface area (Å²) >= 11 is 12.8. The number of ketones is 1. The molecule has 0 aromatic heterocycles. The molecule has 1 aromatic rings. The van der Waals surface area contributed by atoms with Crippen molar-refractivity contribution in [1.29, 1.82) is 0 Å². The SMILES string of the molecule is CCC12CCC(=O)C=C1c1c(cc(OCC(=O)O)c(Cl)c1Cl)C2C. The number of carboxylic acid groups (broad SMARTS) is 1. The zero-order chi connectivity index (χ0) is 17.6. The minimum atomic E-state index is -1.08. The first kappa shape index (κ1) is 17.3. The Labute approximate surface area is 150 Å². The first-order valence-electron chi connectivity index (χ1n) is 7.93. The Kier molecular flexibility index (Phi) is 4.39. The fraction of sp³-hybridized carbons (Fsp3) is 0.444. The minimum Gasteiger partial charge on any atom is -0.480 e. The first-order chi connectivity index (χ1) is 11.3. The molecule has 4 nitrogen and oxygen atoms in total. The van der Waals surface area contributed by atoms with Crippen molar-refractivity contribution in [2.75, 3.05) is 6.61 Å². The topological polar surface area (TPSA) is 63.6 Å². The molecule has 0 heterocycles. The van der Waals surface area contributed by atoms with Gasteiger partial charge in [0.2, 0.25) is 0 Å². The number of halogens is 2. The fourth-order valence-electron chi connectivity index (χ4n) is 4.08. The van der Waals surface area contributed by atoms with Crippen molar-refractivity contribution in [2.24, 2.45) is 5.41 Å². The lowest BCUT2D eigenvalue weighted by molar-refractivity contribution is -0.139. The standard InChI is InChI=1S/C18H18Cl2O4/c1-3-18-5-4-10(21)6-12(18)15-11(9(18)2)7-13(16(19)17(15)20)24-8-14(22)23/h6-7,9H,3-5,8H2,1-2H3,(H,22,23). The number of carbonyl (C=O) groups is 2. The van der Waals surface area contributed by atoms with E-state index in [1.165, 1.54) is 0 Å². The van der Waals surface area contributed by atoms with Gasteiger partial charge in [0.15, 0.2) is 12.4 Å². The number of benzene rings is 1. The Morgan fingerprint density at radius 3 is 2.75 bits per heavy atom. The Hall–Kier alpha value is -1.52. The van der Waals surface area contributed by atoms with Crippen molar-refractivity contribution < 1.29 is 19.4 Å². The highest BCUT2D eigenvalue weighted by atomic mass is 35.5. The van der Waals surface area contributed by atoms with Gasteiger partial charge >= 0.3 is 5.97 Å². The molecule has 0 spiro atoms. The highest BCUT2D eigenvalue weighted by Gasteiger charge is 2.49. The molecule has 0 fully saturated rings. The zero-order valence-electron chi connectivity index (χ0n) is 13.5. The summed E-state index contributed by atoms with van der Waals surface area (Å²) in [5, 5.41) is 9.33. The summed E-state index contributed by atoms with van der Waals surface area (Å²) in [5.74, 6) is -0.555. The Morgan fingerprint density at radius 2 is 2.12 bits per heavy atom. The smallest absolute Gasteiger partial charge is 0.341 e. The molecule has 0 saturated heterocycles. The average molecular weight is 369 g/mol. The van der Waals surface area contributed by atoms with E-state index < -0.39 is 12.6 Å². The number of aliphatic carboxylic acids is 1. The van der Waals surface area contributed by atoms with Gasteiger partial charge < -0.3 is 9.84 Å². The number of fused-ring (bicyclic) bond motifs is 3. The van der Waals surface area contributed by atoms with Crippen LogP contribution >= 0.6 is 23.2 Å². The average Bonchev–Trinajstić information content (AvgIpc) is 2.78. The Balaban J connectivity index is 2.18. The molecule has 24 heavy (non-hydrogen) atoms. The third-order valence-corrected chi connectivity index (χ3v) is 6.26. The number of hydrogen-bond donors (Lipinski definition) is 1. The largest absolute Gasteiger partial charge is 0.480 e. The van der Waals surface area contributed by atoms with Crippen molar-refractivity contribution in [2.45, 2.75) is 39.0 Å². The molecule has 0 amide bonds. The quantitative estimate of drug-likeness (QED) is 0.834. The van der Waals surface area contributed by atoms with Gasteiger partial charge in [-0.25, -0.2) is 4.79 Å². The lowest BCUT2D eigenvalue weighted by Crippen LogP contribution is -2.27. The number of hydrogen-bond acceptors (Lipinski definition) is 3. The minimum absolute atomic E-state index is 0.104. The van der Waals surface area contributed by atoms with E-state index >= 15 is 0 Å². The van der Waals surface area contributed by atoms with Gasteiger partial charge in [0.05, 0.1) is 5.02 Å². The van der Waals surface area contributed by atoms with Gasteiger partial charge in [0.1, 0.15) is 10.8 Å². The highest BCUT2D eigenvalue weighted by Crippen LogP contribution is 2.63. The second-order valence-electron chi connectivity index (χ2n) is 6.41. The number of carbonyl (C=O) groups excluding carboxylic acids is 1. The molecular weight excluding hydrogens is 351 g/mol. The van der Waals surface area contributed by atoms with Crippen LogP contribution in [0.4, 0.5) is 0 Å². The number of carboxylic acids is 1. The van der Waals surface area contributed by atoms with Gasteiger partial charge in [-0.2, -0.15) is 0 Å². The molecular formula is C18H18Cl2O4. The van der Waals surface area contributed by atoms with Gasteiger partial charge in [0.25, 0.3) is 0 Å². The third kappa shape index (κ3) is 2.44. The van der Waals surface area contributed by atoms with E-state index in [0.29, 0.717) is 11.4 Å². The van der Waals surface area contributed by atoms with Crippen LogP contribution in [0.25, 0.3) is 5.57 Å². The number of allylic oxidation sites excluding steroid dienone is 2. The van der Waals surface area contributed by atoms with E-state index in [1.54, 1.807) is 12.1 Å². The van der Waals surface area contributed by atoms with Crippen molar-refractivity contribution in [3.63, 3.8) is 0 Å². The molecule has 0 bridgehead atoms. The summed E-state index contributed by atoms with van der Waals surface area (Å²) in [6.45, 7) is 3.75. The summed E-state index contributed by atoms with van der Waals surface area (Å²) < 4.78 is 5.29. The molecule has 128 valence electrons. The van der Waals surface area contributed by atoms with Crippen LogP contribution in [0.1, 0.15) is 50.2 Å². The van der Waals surface area contributed by atoms with Crippen molar-refractivity contribution >= 4 is 40.5 Å². The van der Waals surface area contributed by atoms with Crippen LogP contribution in [-0.4, -0.2) is 23.5 Å². The molecule has 0 aliphatic heterocycles. The Morgan fingerprint density at radius 1 is 1.42 bits per heavy atom. The van der Waals surface area contributed by atoms with Crippen LogP contribution in [0, 0.1) is 5.41 Å². The van der Waals surface area contributed by atoms with Crippen molar-refractivity contribution in [1.82, 2.24) is 0 Å². The third-order valence-electron chi connectivity index (χ3n) is 5.41. The van der Waals surface area contributed by atoms with Gasteiger partial charge in [0, 0.05) is 17.4 Å². The van der Waals surface area contributed by atoms with E-state index in [1.807, 2.05) is 0 Å². The van der Waals surface area contributed by atoms with Crippen molar-refractivity contribution in [3.05, 3.63) is 33.3 Å². The monoisotopic (exact) mass is 368 g/mol. The summed E-state index contributed by atoms with van der Waals surface area (Å²) in [4.78, 5) is 22.7. The predicted molar refractivity (Wildman–Crippen MR) is 92.9 cm³/mol. The van der Waals surface area contributed by atoms with Gasteiger partial charge in [-0.1, -0.05) is 37.0 Å². The van der Waals surface area contributed by atoms with E-state index in [2.05, 4.69) is 13.8 Å². The van der Waals surface area contributed by atoms with Crippen LogP contribution in [0.5, 0.6) is 5.75 Å². The molecule has 2 unspecified atom stereocenters. The molecule has 0 saturated carbocycles. The van der Waals surface area contributed by atoms with Gasteiger partial charge in [-0.15, -0.1) is 0 Å². The van der Waals surface area contributed by atoms with E-state index in [4.69, 9.17) is 33.0 Å². The van der Waals surface area contributed by atoms with Crippen LogP contribution in [-0.2, 0) is 9.59 Å². The molecule has 1 N–H and O–H groups in total. The molecule has 2 aliphatic rings. The summed E-state index contributed by atoms with van der Waals surface area (Å²) in [7, 11) is 0. The number of rotatable bonds is 4. The molecule has 0 radical (unpaired) electrons. The molecule has 1 aromatic carbocycles. The zero-order valence-corrected chi connectivity index (χ0v) is 15.0. The van der Waals surface area contributed by atoms with E-state index in [0.717, 1.165) is 29.5 Å². The van der Waals surface area contributed by atoms with Crippen molar-refractivity contribution in [3.8, 4) is 5.75 Å². The predicted octanol–water partition coefficient (Wildman–Crippen LogP) is 4.72. The lowest BCUT2D eigenvalue weighted by atomic mass is 9.66. The molecule has 2 aliphatic carbocycles. The summed E-state index contributed by atoms with van der Waals surface area (Å²) in [6.07, 6.45) is 3.91. The first-order valence-corrected chi connectivity index (χ1v) is 8.69. The lowest BCUT2D eigenvalue weighted by Gasteiger charge is -2.37. The maximum Gasteiger partial charge on any atom is 0.341 e. The van der Waals surface area contributed by atoms with Crippen LogP contribution < -0.4 is 4.74 Å². The molecule has 2 atom stereocenters. The van der Waals surface area contributed by atoms with Gasteiger partial charge in [-0.3, -0.25) is 4.79 Å². The van der Waals surface area contributed by atoms with Crippen LogP contribution in [0.3, 0.4) is 0 Å². The van der Waals surface area contributed by atoms with Crippen LogP contribution in [0.15, 0.2) is 12.1 Å². The number of ether oxygens (including phenoxy) is 1. The highest BCUT2D eigenvalue weighted by molar-refractivity contribution is 6.44. The maximum atomic E-state index is 12.0. The summed E-state index contributed by atoms with van der Waals surface area (Å²) in [5.41, 5.74) is 2.61. The van der Waals surface area contributed by atoms with E-state index in [9.17, 15) is 9.59 Å². The molecule has 6 heteroatoms. The Bertz CT molecular complexity index is 769. The second kappa shape index (κ2) is 6.08. The normalized spacial score (nSPS) is 25.1. The second-order valence-corrected chi connectivity index (χ2v) is 7.16.